The van der Waals surface area contributed by atoms with Crippen molar-refractivity contribution in [3.63, 3.8) is 0 Å². The fraction of sp³-hybridized carbons (Fsp3) is 0.217. The molecule has 8 nitrogen and oxygen atoms in total. The Bertz CT molecular complexity index is 1230. The van der Waals surface area contributed by atoms with Gasteiger partial charge in [-0.25, -0.2) is 0 Å². The fourth-order valence-electron chi connectivity index (χ4n) is 3.98. The Morgan fingerprint density at radius 1 is 1.25 bits per heavy atom. The number of aromatic nitrogens is 1. The maximum absolute atomic E-state index is 12.6. The van der Waals surface area contributed by atoms with Crippen LogP contribution in [0.2, 0.25) is 5.02 Å². The number of amides is 1. The maximum Gasteiger partial charge on any atom is 0.260 e. The molecule has 32 heavy (non-hydrogen) atoms. The molecule has 1 fully saturated rings. The van der Waals surface area contributed by atoms with Gasteiger partial charge in [-0.2, -0.15) is 0 Å². The molecule has 9 heteroatoms. The lowest BCUT2D eigenvalue weighted by Gasteiger charge is -2.40. The molecule has 1 amide bonds. The molecule has 0 saturated carbocycles. The number of carbonyl (C=O) groups is 1. The molecule has 1 aromatic heterocycles. The molecule has 2 aromatic carbocycles. The summed E-state index contributed by atoms with van der Waals surface area (Å²) in [4.78, 5) is 14.8. The van der Waals surface area contributed by atoms with Crippen molar-refractivity contribution in [2.45, 2.75) is 0 Å². The van der Waals surface area contributed by atoms with E-state index in [1.54, 1.807) is 12.1 Å². The SMILES string of the molecule is COc1cc(C(O)=C2C(=O)Nc3cc(Cl)c(-c4ccc(N5CC(CO)C5)cc4)cc32)on1. The number of anilines is 2. The van der Waals surface area contributed by atoms with Gasteiger partial charge in [0.2, 0.25) is 5.76 Å². The highest BCUT2D eigenvalue weighted by Crippen LogP contribution is 2.42. The molecule has 0 atom stereocenters. The lowest BCUT2D eigenvalue weighted by atomic mass is 9.97. The zero-order chi connectivity index (χ0) is 22.4. The Balaban J connectivity index is 1.50. The number of methoxy groups -OCH3 is 1. The molecule has 0 unspecified atom stereocenters. The molecule has 1 saturated heterocycles. The number of hydrogen-bond acceptors (Lipinski definition) is 7. The Morgan fingerprint density at radius 2 is 2.00 bits per heavy atom. The van der Waals surface area contributed by atoms with E-state index in [1.807, 2.05) is 24.3 Å². The fourth-order valence-corrected chi connectivity index (χ4v) is 4.26. The molecule has 164 valence electrons. The van der Waals surface area contributed by atoms with Gasteiger partial charge in [0.1, 0.15) is 0 Å². The Kier molecular flexibility index (Phi) is 5.03. The monoisotopic (exact) mass is 453 g/mol. The van der Waals surface area contributed by atoms with Gasteiger partial charge in [0.15, 0.2) is 5.76 Å². The van der Waals surface area contributed by atoms with Gasteiger partial charge in [0, 0.05) is 42.4 Å². The topological polar surface area (TPSA) is 108 Å². The van der Waals surface area contributed by atoms with Crippen LogP contribution in [0.5, 0.6) is 5.88 Å². The van der Waals surface area contributed by atoms with Crippen LogP contribution in [-0.2, 0) is 4.79 Å². The standard InChI is InChI=1S/C23H20ClN3O5/c1-31-20-8-19(32-26-20)22(29)21-16-6-15(17(24)7-18(16)25-23(21)30)13-2-4-14(5-3-13)27-9-12(10-27)11-28/h2-8,12,28-29H,9-11H2,1H3,(H,25,30). The lowest BCUT2D eigenvalue weighted by molar-refractivity contribution is -0.110. The number of nitrogens with zero attached hydrogens (tertiary/aromatic N) is 2. The van der Waals surface area contributed by atoms with E-state index in [2.05, 4.69) is 15.4 Å². The highest BCUT2D eigenvalue weighted by molar-refractivity contribution is 6.38. The molecular formula is C23H20ClN3O5. The zero-order valence-electron chi connectivity index (χ0n) is 17.1. The number of halogens is 1. The summed E-state index contributed by atoms with van der Waals surface area (Å²) in [6, 6.07) is 12.8. The van der Waals surface area contributed by atoms with Crippen molar-refractivity contribution in [2.24, 2.45) is 5.92 Å². The van der Waals surface area contributed by atoms with Crippen molar-refractivity contribution in [2.75, 3.05) is 37.0 Å². The van der Waals surface area contributed by atoms with Crippen LogP contribution in [0.1, 0.15) is 11.3 Å². The number of nitrogens with one attached hydrogen (secondary N) is 1. The molecular weight excluding hydrogens is 434 g/mol. The maximum atomic E-state index is 12.6. The van der Waals surface area contributed by atoms with Crippen LogP contribution >= 0.6 is 11.6 Å². The van der Waals surface area contributed by atoms with Crippen LogP contribution in [0.3, 0.4) is 0 Å². The van der Waals surface area contributed by atoms with E-state index in [-0.39, 0.29) is 29.6 Å². The number of ether oxygens (including phenoxy) is 1. The van der Waals surface area contributed by atoms with E-state index in [0.717, 1.165) is 29.9 Å². The normalized spacial score (nSPS) is 17.1. The molecule has 0 spiro atoms. The van der Waals surface area contributed by atoms with Gasteiger partial charge in [0.25, 0.3) is 11.8 Å². The predicted octanol–water partition coefficient (Wildman–Crippen LogP) is 3.81. The minimum absolute atomic E-state index is 0.0245. The summed E-state index contributed by atoms with van der Waals surface area (Å²) < 4.78 is 10.1. The molecule has 3 aromatic rings. The molecule has 2 aliphatic heterocycles. The van der Waals surface area contributed by atoms with E-state index in [1.165, 1.54) is 13.2 Å². The van der Waals surface area contributed by atoms with Crippen LogP contribution in [0.25, 0.3) is 22.5 Å². The molecule has 0 bridgehead atoms. The number of fused-ring (bicyclic) bond motifs is 1. The van der Waals surface area contributed by atoms with Crippen molar-refractivity contribution >= 4 is 40.2 Å². The first-order valence-corrected chi connectivity index (χ1v) is 10.4. The van der Waals surface area contributed by atoms with E-state index in [4.69, 9.17) is 20.9 Å². The Hall–Kier alpha value is -3.49. The van der Waals surface area contributed by atoms with E-state index in [0.29, 0.717) is 22.2 Å². The molecule has 3 N–H and O–H groups in total. The van der Waals surface area contributed by atoms with Crippen LogP contribution in [0.4, 0.5) is 11.4 Å². The van der Waals surface area contributed by atoms with Crippen molar-refractivity contribution < 1.29 is 24.3 Å². The van der Waals surface area contributed by atoms with Crippen molar-refractivity contribution in [3.8, 4) is 17.0 Å². The van der Waals surface area contributed by atoms with E-state index < -0.39 is 5.91 Å². The minimum atomic E-state index is -0.465. The third-order valence-electron chi connectivity index (χ3n) is 5.78. The van der Waals surface area contributed by atoms with Crippen LogP contribution < -0.4 is 15.0 Å². The molecule has 2 aliphatic rings. The summed E-state index contributed by atoms with van der Waals surface area (Å²) in [7, 11) is 1.43. The summed E-state index contributed by atoms with van der Waals surface area (Å²) in [5, 5.41) is 26.8. The van der Waals surface area contributed by atoms with Crippen molar-refractivity contribution in [1.82, 2.24) is 5.16 Å². The largest absolute Gasteiger partial charge is 0.504 e. The van der Waals surface area contributed by atoms with Crippen LogP contribution in [0.15, 0.2) is 47.0 Å². The second kappa shape index (κ2) is 7.89. The van der Waals surface area contributed by atoms with Gasteiger partial charge < -0.3 is 29.7 Å². The summed E-state index contributed by atoms with van der Waals surface area (Å²) in [6.07, 6.45) is 0. The second-order valence-corrected chi connectivity index (χ2v) is 8.20. The second-order valence-electron chi connectivity index (χ2n) is 7.79. The average Bonchev–Trinajstić information content (AvgIpc) is 3.36. The third kappa shape index (κ3) is 3.37. The van der Waals surface area contributed by atoms with E-state index >= 15 is 0 Å². The summed E-state index contributed by atoms with van der Waals surface area (Å²) in [6.45, 7) is 1.88. The highest BCUT2D eigenvalue weighted by atomic mass is 35.5. The van der Waals surface area contributed by atoms with Gasteiger partial charge >= 0.3 is 0 Å². The first kappa shape index (κ1) is 20.4. The minimum Gasteiger partial charge on any atom is -0.504 e. The smallest absolute Gasteiger partial charge is 0.260 e. The van der Waals surface area contributed by atoms with Crippen molar-refractivity contribution in [1.29, 1.82) is 0 Å². The van der Waals surface area contributed by atoms with Gasteiger partial charge in [-0.1, -0.05) is 23.7 Å². The molecule has 5 rings (SSSR count). The average molecular weight is 454 g/mol. The first-order chi connectivity index (χ1) is 15.5. The zero-order valence-corrected chi connectivity index (χ0v) is 17.9. The van der Waals surface area contributed by atoms with Gasteiger partial charge in [-0.3, -0.25) is 4.79 Å². The predicted molar refractivity (Wildman–Crippen MR) is 121 cm³/mol. The molecule has 0 aliphatic carbocycles. The van der Waals surface area contributed by atoms with Gasteiger partial charge in [0.05, 0.1) is 29.5 Å². The summed E-state index contributed by atoms with van der Waals surface area (Å²) in [5.41, 5.74) is 3.77. The number of aliphatic hydroxyl groups is 2. The lowest BCUT2D eigenvalue weighted by Crippen LogP contribution is -2.48. The van der Waals surface area contributed by atoms with Crippen LogP contribution in [-0.4, -0.2) is 48.1 Å². The number of hydrogen-bond donors (Lipinski definition) is 3. The summed E-state index contributed by atoms with van der Waals surface area (Å²) in [5.74, 6) is -0.260. The Morgan fingerprint density at radius 3 is 2.66 bits per heavy atom. The summed E-state index contributed by atoms with van der Waals surface area (Å²) >= 11 is 6.52. The van der Waals surface area contributed by atoms with Crippen LogP contribution in [0, 0.1) is 5.92 Å². The van der Waals surface area contributed by atoms with Gasteiger partial charge in [-0.05, 0) is 35.0 Å². The number of aliphatic hydroxyl groups excluding tert-OH is 2. The number of carbonyl (C=O) groups excluding carboxylic acids is 1. The number of rotatable bonds is 5. The molecule has 3 heterocycles. The number of benzene rings is 2. The highest BCUT2D eigenvalue weighted by Gasteiger charge is 2.31. The quantitative estimate of drug-likeness (QED) is 0.398. The van der Waals surface area contributed by atoms with Crippen molar-refractivity contribution in [3.05, 3.63) is 58.8 Å². The van der Waals surface area contributed by atoms with Gasteiger partial charge in [-0.15, -0.1) is 0 Å². The Labute approximate surface area is 188 Å². The third-order valence-corrected chi connectivity index (χ3v) is 6.09. The molecule has 0 radical (unpaired) electrons. The first-order valence-electron chi connectivity index (χ1n) is 10.0. The van der Waals surface area contributed by atoms with E-state index in [9.17, 15) is 15.0 Å².